The third kappa shape index (κ3) is 23.0. The second kappa shape index (κ2) is 31.2. The fourth-order valence-electron chi connectivity index (χ4n) is 7.88. The maximum atomic E-state index is 6.70. The molecule has 0 N–H and O–H groups in total. The highest BCUT2D eigenvalue weighted by atomic mass is 16.8. The molecule has 1 aliphatic heterocycles. The van der Waals surface area contributed by atoms with E-state index in [-0.39, 0.29) is 5.79 Å². The van der Waals surface area contributed by atoms with Crippen molar-refractivity contribution in [3.63, 3.8) is 0 Å². The van der Waals surface area contributed by atoms with Gasteiger partial charge in [0.05, 0.1) is 12.2 Å². The Labute approximate surface area is 285 Å². The summed E-state index contributed by atoms with van der Waals surface area (Å²) in [5.74, 6) is 0.695. The summed E-state index contributed by atoms with van der Waals surface area (Å²) in [7, 11) is 0. The highest BCUT2D eigenvalue weighted by Crippen LogP contribution is 2.43. The fourth-order valence-corrected chi connectivity index (χ4v) is 7.88. The zero-order valence-electron chi connectivity index (χ0n) is 32.1. The van der Waals surface area contributed by atoms with Crippen molar-refractivity contribution in [1.82, 2.24) is 0 Å². The van der Waals surface area contributed by atoms with Gasteiger partial charge in [0.1, 0.15) is 0 Å². The average molecular weight is 635 g/mol. The summed E-state index contributed by atoms with van der Waals surface area (Å²) in [4.78, 5) is 0. The lowest BCUT2D eigenvalue weighted by atomic mass is 9.95. The van der Waals surface area contributed by atoms with Crippen LogP contribution in [0.1, 0.15) is 253 Å². The Hall–Kier alpha value is -0.0800. The Morgan fingerprint density at radius 3 is 1.07 bits per heavy atom. The second-order valence-electron chi connectivity index (χ2n) is 15.2. The van der Waals surface area contributed by atoms with Crippen LogP contribution < -0.4 is 0 Å². The van der Waals surface area contributed by atoms with Gasteiger partial charge in [-0.15, -0.1) is 0 Å². The molecule has 1 saturated carbocycles. The third-order valence-electron chi connectivity index (χ3n) is 10.8. The Bertz CT molecular complexity index is 576. The van der Waals surface area contributed by atoms with Gasteiger partial charge >= 0.3 is 0 Å². The van der Waals surface area contributed by atoms with Gasteiger partial charge in [-0.05, 0) is 38.0 Å². The van der Waals surface area contributed by atoms with E-state index in [1.54, 1.807) is 0 Å². The van der Waals surface area contributed by atoms with Gasteiger partial charge in [0, 0.05) is 12.8 Å². The van der Waals surface area contributed by atoms with Gasteiger partial charge < -0.3 is 9.47 Å². The third-order valence-corrected chi connectivity index (χ3v) is 10.8. The quantitative estimate of drug-likeness (QED) is 0.0685. The first-order chi connectivity index (χ1) is 22.2. The van der Waals surface area contributed by atoms with Crippen molar-refractivity contribution < 1.29 is 9.47 Å². The standard InChI is InChI=1S/C41H80O2.C2H6/c1-4-6-8-10-11-12-13-14-15-16-17-18-19-21-25-29-36-41(42-39-34-31-35-40(39)43-41)37-30-26-22-20-24-28-33-38(3)32-27-23-9-7-5-2;1-2/h38-40H,4-37H2,1-3H3;1-2H3. The molecular formula is C43H86O2. The van der Waals surface area contributed by atoms with Gasteiger partial charge in [0.2, 0.25) is 0 Å². The molecule has 1 aliphatic carbocycles. The van der Waals surface area contributed by atoms with Crippen LogP contribution in [0.2, 0.25) is 0 Å². The average Bonchev–Trinajstić information content (AvgIpc) is 3.63. The number of fused-ring (bicyclic) bond motifs is 1. The number of unbranched alkanes of at least 4 members (excludes halogenated alkanes) is 24. The fraction of sp³-hybridized carbons (Fsp3) is 1.00. The Morgan fingerprint density at radius 2 is 0.733 bits per heavy atom. The molecule has 0 bridgehead atoms. The van der Waals surface area contributed by atoms with Crippen molar-refractivity contribution >= 4 is 0 Å². The first-order valence-corrected chi connectivity index (χ1v) is 21.5. The largest absolute Gasteiger partial charge is 0.344 e. The zero-order chi connectivity index (χ0) is 32.7. The van der Waals surface area contributed by atoms with E-state index < -0.39 is 0 Å². The summed E-state index contributed by atoms with van der Waals surface area (Å²) in [6, 6.07) is 0. The molecular weight excluding hydrogens is 548 g/mol. The van der Waals surface area contributed by atoms with Crippen molar-refractivity contribution in [3.8, 4) is 0 Å². The molecule has 0 aromatic carbocycles. The molecule has 0 amide bonds. The molecule has 0 aromatic rings. The van der Waals surface area contributed by atoms with Crippen LogP contribution in [0, 0.1) is 5.92 Å². The van der Waals surface area contributed by atoms with Gasteiger partial charge in [0.25, 0.3) is 0 Å². The van der Waals surface area contributed by atoms with E-state index in [9.17, 15) is 0 Å². The predicted octanol–water partition coefficient (Wildman–Crippen LogP) is 15.4. The summed E-state index contributed by atoms with van der Waals surface area (Å²) < 4.78 is 13.4. The molecule has 45 heavy (non-hydrogen) atoms. The molecule has 2 fully saturated rings. The van der Waals surface area contributed by atoms with E-state index in [2.05, 4.69) is 20.8 Å². The minimum atomic E-state index is -0.238. The Balaban J connectivity index is 0.00000496. The highest BCUT2D eigenvalue weighted by molar-refractivity contribution is 4.90. The SMILES string of the molecule is CC.CCCCCCCCCCCCCCCCCCC1(CCCCCCCCC(C)CCCCCCC)OC2CCCC2O1. The van der Waals surface area contributed by atoms with Crippen LogP contribution in [0.3, 0.4) is 0 Å². The second-order valence-corrected chi connectivity index (χ2v) is 15.2. The van der Waals surface area contributed by atoms with E-state index >= 15 is 0 Å². The summed E-state index contributed by atoms with van der Waals surface area (Å²) in [5, 5.41) is 0. The molecule has 0 radical (unpaired) electrons. The van der Waals surface area contributed by atoms with Gasteiger partial charge in [-0.25, -0.2) is 0 Å². The smallest absolute Gasteiger partial charge is 0.169 e. The van der Waals surface area contributed by atoms with E-state index in [4.69, 9.17) is 9.47 Å². The van der Waals surface area contributed by atoms with Gasteiger partial charge in [-0.1, -0.05) is 208 Å². The first kappa shape index (κ1) is 42.9. The molecule has 2 heteroatoms. The minimum Gasteiger partial charge on any atom is -0.344 e. The van der Waals surface area contributed by atoms with Crippen LogP contribution in [-0.4, -0.2) is 18.0 Å². The monoisotopic (exact) mass is 635 g/mol. The van der Waals surface area contributed by atoms with Crippen LogP contribution in [0.4, 0.5) is 0 Å². The molecule has 2 nitrogen and oxygen atoms in total. The maximum Gasteiger partial charge on any atom is 0.169 e. The molecule has 3 atom stereocenters. The lowest BCUT2D eigenvalue weighted by Gasteiger charge is -2.29. The highest BCUT2D eigenvalue weighted by Gasteiger charge is 2.48. The molecule has 270 valence electrons. The van der Waals surface area contributed by atoms with Gasteiger partial charge in [-0.2, -0.15) is 0 Å². The minimum absolute atomic E-state index is 0.238. The first-order valence-electron chi connectivity index (χ1n) is 21.5. The van der Waals surface area contributed by atoms with E-state index in [0.29, 0.717) is 12.2 Å². The van der Waals surface area contributed by atoms with Crippen molar-refractivity contribution in [2.24, 2.45) is 5.92 Å². The number of ether oxygens (including phenoxy) is 2. The molecule has 2 aliphatic rings. The summed E-state index contributed by atoms with van der Waals surface area (Å²) in [5.41, 5.74) is 0. The molecule has 0 spiro atoms. The summed E-state index contributed by atoms with van der Waals surface area (Å²) in [6.45, 7) is 11.1. The van der Waals surface area contributed by atoms with Crippen molar-refractivity contribution in [2.75, 3.05) is 0 Å². The zero-order valence-corrected chi connectivity index (χ0v) is 32.1. The molecule has 0 aromatic heterocycles. The Kier molecular flexibility index (Phi) is 29.8. The number of rotatable bonds is 32. The normalized spacial score (nSPS) is 21.5. The van der Waals surface area contributed by atoms with Crippen LogP contribution >= 0.6 is 0 Å². The lowest BCUT2D eigenvalue weighted by Crippen LogP contribution is -2.31. The predicted molar refractivity (Wildman–Crippen MR) is 201 cm³/mol. The maximum absolute atomic E-state index is 6.70. The summed E-state index contributed by atoms with van der Waals surface area (Å²) in [6.07, 6.45) is 48.1. The van der Waals surface area contributed by atoms with E-state index in [0.717, 1.165) is 18.8 Å². The molecule has 2 rings (SSSR count). The van der Waals surface area contributed by atoms with Crippen LogP contribution in [0.5, 0.6) is 0 Å². The molecule has 1 heterocycles. The molecule has 3 unspecified atom stereocenters. The Morgan fingerprint density at radius 1 is 0.444 bits per heavy atom. The van der Waals surface area contributed by atoms with Gasteiger partial charge in [0.15, 0.2) is 5.79 Å². The van der Waals surface area contributed by atoms with Crippen LogP contribution in [0.25, 0.3) is 0 Å². The van der Waals surface area contributed by atoms with Gasteiger partial charge in [-0.3, -0.25) is 0 Å². The van der Waals surface area contributed by atoms with Crippen molar-refractivity contribution in [3.05, 3.63) is 0 Å². The number of hydrogen-bond acceptors (Lipinski definition) is 2. The lowest BCUT2D eigenvalue weighted by molar-refractivity contribution is -0.190. The van der Waals surface area contributed by atoms with Crippen molar-refractivity contribution in [2.45, 2.75) is 271 Å². The topological polar surface area (TPSA) is 18.5 Å². The van der Waals surface area contributed by atoms with Crippen molar-refractivity contribution in [1.29, 1.82) is 0 Å². The van der Waals surface area contributed by atoms with E-state index in [1.807, 2.05) is 13.8 Å². The van der Waals surface area contributed by atoms with Crippen LogP contribution in [0.15, 0.2) is 0 Å². The number of hydrogen-bond donors (Lipinski definition) is 0. The molecule has 1 saturated heterocycles. The summed E-state index contributed by atoms with van der Waals surface area (Å²) >= 11 is 0. The van der Waals surface area contributed by atoms with Crippen LogP contribution in [-0.2, 0) is 9.47 Å². The van der Waals surface area contributed by atoms with E-state index in [1.165, 1.54) is 205 Å².